The van der Waals surface area contributed by atoms with Gasteiger partial charge in [0.15, 0.2) is 0 Å². The maximum atomic E-state index is 9.08. The molecular formula is C11H23NO. The van der Waals surface area contributed by atoms with Gasteiger partial charge in [-0.15, -0.1) is 0 Å². The Morgan fingerprint density at radius 2 is 2.08 bits per heavy atom. The van der Waals surface area contributed by atoms with E-state index in [0.29, 0.717) is 12.5 Å². The van der Waals surface area contributed by atoms with E-state index in [9.17, 15) is 0 Å². The first-order valence-electron chi connectivity index (χ1n) is 5.44. The highest BCUT2D eigenvalue weighted by Gasteiger charge is 2.38. The van der Waals surface area contributed by atoms with E-state index in [-0.39, 0.29) is 5.54 Å². The molecule has 1 aliphatic rings. The molecule has 3 atom stereocenters. The normalized spacial score (nSPS) is 40.6. The molecule has 0 aromatic heterocycles. The van der Waals surface area contributed by atoms with Gasteiger partial charge in [-0.1, -0.05) is 20.3 Å². The van der Waals surface area contributed by atoms with Gasteiger partial charge in [0, 0.05) is 12.1 Å². The van der Waals surface area contributed by atoms with Crippen molar-refractivity contribution < 1.29 is 5.11 Å². The van der Waals surface area contributed by atoms with Crippen LogP contribution in [0.5, 0.6) is 0 Å². The van der Waals surface area contributed by atoms with E-state index in [1.54, 1.807) is 0 Å². The molecule has 0 spiro atoms. The quantitative estimate of drug-likeness (QED) is 0.702. The topological polar surface area (TPSA) is 32.3 Å². The minimum Gasteiger partial charge on any atom is -0.396 e. The van der Waals surface area contributed by atoms with Gasteiger partial charge in [0.1, 0.15) is 0 Å². The Bertz CT molecular complexity index is 160. The van der Waals surface area contributed by atoms with E-state index in [1.165, 1.54) is 19.3 Å². The van der Waals surface area contributed by atoms with Gasteiger partial charge in [0.05, 0.1) is 0 Å². The molecule has 0 aromatic carbocycles. The number of aliphatic hydroxyl groups excluding tert-OH is 1. The highest BCUT2D eigenvalue weighted by molar-refractivity contribution is 4.95. The summed E-state index contributed by atoms with van der Waals surface area (Å²) in [4.78, 5) is 0. The summed E-state index contributed by atoms with van der Waals surface area (Å²) in [6.07, 6.45) is 4.75. The molecule has 1 aliphatic carbocycles. The van der Waals surface area contributed by atoms with Gasteiger partial charge >= 0.3 is 0 Å². The monoisotopic (exact) mass is 185 g/mol. The summed E-state index contributed by atoms with van der Waals surface area (Å²) < 4.78 is 0. The Hall–Kier alpha value is -0.0800. The molecule has 1 rings (SSSR count). The summed E-state index contributed by atoms with van der Waals surface area (Å²) >= 11 is 0. The highest BCUT2D eigenvalue weighted by atomic mass is 16.3. The van der Waals surface area contributed by atoms with Crippen molar-refractivity contribution in [1.29, 1.82) is 0 Å². The third-order valence-electron chi connectivity index (χ3n) is 3.80. The fraction of sp³-hybridized carbons (Fsp3) is 1.00. The van der Waals surface area contributed by atoms with Crippen LogP contribution in [0.1, 0.15) is 39.5 Å². The molecule has 0 amide bonds. The zero-order chi connectivity index (χ0) is 9.90. The van der Waals surface area contributed by atoms with Crippen molar-refractivity contribution in [3.05, 3.63) is 0 Å². The fourth-order valence-electron chi connectivity index (χ4n) is 2.76. The molecular weight excluding hydrogens is 162 g/mol. The van der Waals surface area contributed by atoms with Gasteiger partial charge in [0.2, 0.25) is 0 Å². The van der Waals surface area contributed by atoms with Crippen LogP contribution < -0.4 is 5.32 Å². The Morgan fingerprint density at radius 3 is 2.62 bits per heavy atom. The second-order valence-corrected chi connectivity index (χ2v) is 4.67. The van der Waals surface area contributed by atoms with Gasteiger partial charge in [-0.2, -0.15) is 0 Å². The molecule has 2 nitrogen and oxygen atoms in total. The lowest BCUT2D eigenvalue weighted by Crippen LogP contribution is -2.52. The van der Waals surface area contributed by atoms with Crippen LogP contribution in [0, 0.1) is 11.8 Å². The molecule has 1 fully saturated rings. The summed E-state index contributed by atoms with van der Waals surface area (Å²) in [5.41, 5.74) is 0.201. The van der Waals surface area contributed by atoms with Crippen molar-refractivity contribution in [2.75, 3.05) is 13.7 Å². The number of nitrogens with one attached hydrogen (secondary N) is 1. The number of hydrogen-bond donors (Lipinski definition) is 2. The molecule has 0 aliphatic heterocycles. The summed E-state index contributed by atoms with van der Waals surface area (Å²) in [5.74, 6) is 1.50. The molecule has 0 saturated heterocycles. The maximum absolute atomic E-state index is 9.08. The van der Waals surface area contributed by atoms with Crippen molar-refractivity contribution in [3.63, 3.8) is 0 Å². The molecule has 0 radical (unpaired) electrons. The van der Waals surface area contributed by atoms with Crippen LogP contribution in [0.4, 0.5) is 0 Å². The zero-order valence-electron chi connectivity index (χ0n) is 9.14. The van der Waals surface area contributed by atoms with Crippen LogP contribution >= 0.6 is 0 Å². The van der Waals surface area contributed by atoms with Gasteiger partial charge in [-0.05, 0) is 38.1 Å². The molecule has 1 saturated carbocycles. The van der Waals surface area contributed by atoms with Crippen LogP contribution in [0.25, 0.3) is 0 Å². The van der Waals surface area contributed by atoms with Gasteiger partial charge in [0.25, 0.3) is 0 Å². The first kappa shape index (κ1) is 11.0. The van der Waals surface area contributed by atoms with Crippen molar-refractivity contribution in [3.8, 4) is 0 Å². The van der Waals surface area contributed by atoms with Crippen molar-refractivity contribution in [1.82, 2.24) is 5.32 Å². The largest absolute Gasteiger partial charge is 0.396 e. The lowest BCUT2D eigenvalue weighted by molar-refractivity contribution is 0.0947. The zero-order valence-corrected chi connectivity index (χ0v) is 9.14. The molecule has 0 heterocycles. The maximum Gasteiger partial charge on any atom is 0.0448 e. The van der Waals surface area contributed by atoms with E-state index in [2.05, 4.69) is 19.2 Å². The van der Waals surface area contributed by atoms with E-state index >= 15 is 0 Å². The molecule has 0 aromatic rings. The standard InChI is InChI=1S/C11H23NO/c1-9-4-5-10(2)11(8-9,12-3)6-7-13/h9-10,12-13H,4-8H2,1-3H3. The lowest BCUT2D eigenvalue weighted by atomic mass is 9.68. The molecule has 13 heavy (non-hydrogen) atoms. The first-order valence-corrected chi connectivity index (χ1v) is 5.44. The van der Waals surface area contributed by atoms with E-state index in [1.807, 2.05) is 7.05 Å². The van der Waals surface area contributed by atoms with E-state index in [4.69, 9.17) is 5.11 Å². The fourth-order valence-corrected chi connectivity index (χ4v) is 2.76. The van der Waals surface area contributed by atoms with Crippen LogP contribution in [0.2, 0.25) is 0 Å². The van der Waals surface area contributed by atoms with Crippen molar-refractivity contribution >= 4 is 0 Å². The Kier molecular flexibility index (Phi) is 3.74. The second kappa shape index (κ2) is 4.43. The third-order valence-corrected chi connectivity index (χ3v) is 3.80. The Morgan fingerprint density at radius 1 is 1.38 bits per heavy atom. The third kappa shape index (κ3) is 2.23. The van der Waals surface area contributed by atoms with E-state index in [0.717, 1.165) is 12.3 Å². The summed E-state index contributed by atoms with van der Waals surface area (Å²) in [5, 5.41) is 12.5. The minimum atomic E-state index is 0.201. The van der Waals surface area contributed by atoms with E-state index < -0.39 is 0 Å². The van der Waals surface area contributed by atoms with Crippen LogP contribution in [0.15, 0.2) is 0 Å². The molecule has 3 unspecified atom stereocenters. The van der Waals surface area contributed by atoms with Crippen molar-refractivity contribution in [2.24, 2.45) is 11.8 Å². The SMILES string of the molecule is CNC1(CCO)CC(C)CCC1C. The van der Waals surface area contributed by atoms with Gasteiger partial charge in [-0.3, -0.25) is 0 Å². The van der Waals surface area contributed by atoms with Gasteiger partial charge < -0.3 is 10.4 Å². The number of rotatable bonds is 3. The molecule has 2 N–H and O–H groups in total. The number of hydrogen-bond acceptors (Lipinski definition) is 2. The predicted octanol–water partition coefficient (Wildman–Crippen LogP) is 1.78. The molecule has 2 heteroatoms. The second-order valence-electron chi connectivity index (χ2n) is 4.67. The van der Waals surface area contributed by atoms with Crippen LogP contribution in [-0.4, -0.2) is 24.3 Å². The summed E-state index contributed by atoms with van der Waals surface area (Å²) in [6.45, 7) is 4.92. The average molecular weight is 185 g/mol. The lowest BCUT2D eigenvalue weighted by Gasteiger charge is -2.45. The smallest absolute Gasteiger partial charge is 0.0448 e. The average Bonchev–Trinajstić information content (AvgIpc) is 2.12. The van der Waals surface area contributed by atoms with Gasteiger partial charge in [-0.25, -0.2) is 0 Å². The summed E-state index contributed by atoms with van der Waals surface area (Å²) in [7, 11) is 2.03. The van der Waals surface area contributed by atoms with Crippen molar-refractivity contribution in [2.45, 2.75) is 45.1 Å². The highest BCUT2D eigenvalue weighted by Crippen LogP contribution is 2.38. The Balaban J connectivity index is 2.67. The summed E-state index contributed by atoms with van der Waals surface area (Å²) in [6, 6.07) is 0. The first-order chi connectivity index (χ1) is 6.14. The Labute approximate surface area is 81.7 Å². The van der Waals surface area contributed by atoms with Crippen LogP contribution in [0.3, 0.4) is 0 Å². The minimum absolute atomic E-state index is 0.201. The van der Waals surface area contributed by atoms with Crippen LogP contribution in [-0.2, 0) is 0 Å². The predicted molar refractivity (Wildman–Crippen MR) is 55.7 cm³/mol. The molecule has 78 valence electrons. The molecule has 0 bridgehead atoms. The number of aliphatic hydroxyl groups is 1.